The number of benzene rings is 2. The average Bonchev–Trinajstić information content (AvgIpc) is 2.90. The van der Waals surface area contributed by atoms with Crippen molar-refractivity contribution in [3.8, 4) is 0 Å². The van der Waals surface area contributed by atoms with Gasteiger partial charge >= 0.3 is 42.3 Å². The summed E-state index contributed by atoms with van der Waals surface area (Å²) in [4.78, 5) is 29.0. The van der Waals surface area contributed by atoms with E-state index in [1.165, 1.54) is 0 Å². The number of hydrogen-bond acceptors (Lipinski definition) is 5. The maximum atomic E-state index is 14.3. The van der Waals surface area contributed by atoms with Crippen LogP contribution in [0, 0.1) is 0 Å². The molecule has 2 aromatic rings. The van der Waals surface area contributed by atoms with Crippen LogP contribution in [0.1, 0.15) is 36.2 Å². The van der Waals surface area contributed by atoms with Crippen LogP contribution in [-0.4, -0.2) is 94.8 Å². The number of nitrogens with zero attached hydrogens (tertiary/aromatic N) is 2. The summed E-state index contributed by atoms with van der Waals surface area (Å²) in [7, 11) is 4.02. The molecule has 1 saturated heterocycles. The molecule has 13 heteroatoms. The van der Waals surface area contributed by atoms with Crippen LogP contribution in [0.15, 0.2) is 66.7 Å². The Morgan fingerprint density at radius 2 is 1.48 bits per heavy atom. The van der Waals surface area contributed by atoms with Crippen molar-refractivity contribution in [2.45, 2.75) is 32.2 Å². The van der Waals surface area contributed by atoms with E-state index in [1.54, 1.807) is 6.92 Å². The van der Waals surface area contributed by atoms with Crippen LogP contribution in [-0.2, 0) is 20.7 Å². The predicted molar refractivity (Wildman–Crippen MR) is 152 cm³/mol. The Morgan fingerprint density at radius 3 is 1.95 bits per heavy atom. The van der Waals surface area contributed by atoms with E-state index in [1.807, 2.05) is 56.6 Å². The number of morpholine rings is 1. The molecular weight excluding hydrogens is 676 g/mol. The van der Waals surface area contributed by atoms with E-state index < -0.39 is 31.0 Å². The fourth-order valence-corrected chi connectivity index (χ4v) is 5.06. The third-order valence-electron chi connectivity index (χ3n) is 7.16. The number of halogens is 6. The molecule has 1 aliphatic rings. The van der Waals surface area contributed by atoms with E-state index >= 15 is 0 Å². The average molecular weight is 715 g/mol. The van der Waals surface area contributed by atoms with Gasteiger partial charge in [0.2, 0.25) is 5.78 Å². The van der Waals surface area contributed by atoms with Crippen molar-refractivity contribution in [3.05, 3.63) is 77.9 Å². The van der Waals surface area contributed by atoms with Crippen LogP contribution in [0.4, 0.5) is 22.6 Å². The van der Waals surface area contributed by atoms with E-state index in [-0.39, 0.29) is 5.78 Å². The first kappa shape index (κ1) is 35.6. The van der Waals surface area contributed by atoms with Crippen LogP contribution in [0.25, 0.3) is 0 Å². The van der Waals surface area contributed by atoms with Gasteiger partial charge in [-0.2, -0.15) is 0 Å². The number of carbonyl (C=O) groups excluding carboxylic acids is 2. The Kier molecular flexibility index (Phi) is 11.0. The molecule has 0 spiro atoms. The summed E-state index contributed by atoms with van der Waals surface area (Å²) in [5, 5.41) is 0. The summed E-state index contributed by atoms with van der Waals surface area (Å²) in [5.41, 5.74) is 2.43. The predicted octanol–water partition coefficient (Wildman–Crippen LogP) is 6.43. The van der Waals surface area contributed by atoms with Crippen LogP contribution in [0.3, 0.4) is 0 Å². The summed E-state index contributed by atoms with van der Waals surface area (Å²) in [5.74, 6) is -0.343. The summed E-state index contributed by atoms with van der Waals surface area (Å²) in [6.07, 6.45) is 1.16. The summed E-state index contributed by atoms with van der Waals surface area (Å²) in [6, 6.07) is 18.0. The van der Waals surface area contributed by atoms with Crippen molar-refractivity contribution in [2.75, 3.05) is 58.5 Å². The van der Waals surface area contributed by atoms with Crippen molar-refractivity contribution in [2.24, 2.45) is 0 Å². The third-order valence-corrected chi connectivity index (χ3v) is 7.16. The molecule has 0 N–H and O–H groups in total. The van der Waals surface area contributed by atoms with Gasteiger partial charge in [0.25, 0.3) is 0 Å². The number of likely N-dealkylation sites (N-methyl/N-ethyl adjacent to an activating group) is 1. The second kappa shape index (κ2) is 13.0. The Bertz CT molecular complexity index is 1220. The van der Waals surface area contributed by atoms with Gasteiger partial charge in [-0.3, -0.25) is 4.79 Å². The van der Waals surface area contributed by atoms with E-state index in [0.717, 1.165) is 24.3 Å². The molecule has 0 amide bonds. The van der Waals surface area contributed by atoms with Gasteiger partial charge in [-0.05, 0) is 36.8 Å². The topological polar surface area (TPSA) is 55.8 Å². The number of quaternary nitrogens is 1. The van der Waals surface area contributed by atoms with Crippen molar-refractivity contribution in [1.82, 2.24) is 0 Å². The molecule has 1 atom stereocenters. The number of carbonyl (C=O) groups is 2. The van der Waals surface area contributed by atoms with Crippen molar-refractivity contribution >= 4 is 36.9 Å². The SMILES string of the molecule is C=C(C[N+](C)(C)C(CC)(Cc1ccccc1)C(=O)c1ccc(N2CCOCC2)cc1)C(=O)OCC.[F][Sb-]([F])([F])([F])([F])[F]. The molecule has 0 aliphatic carbocycles. The molecule has 0 aromatic heterocycles. The summed E-state index contributed by atoms with van der Waals surface area (Å²) in [6.45, 7) is 11.6. The van der Waals surface area contributed by atoms with Gasteiger partial charge < -0.3 is 18.9 Å². The zero-order valence-corrected chi connectivity index (χ0v) is 26.9. The quantitative estimate of drug-likeness (QED) is 0.0671. The van der Waals surface area contributed by atoms with Crippen molar-refractivity contribution in [1.29, 1.82) is 0 Å². The minimum atomic E-state index is -11.2. The van der Waals surface area contributed by atoms with Gasteiger partial charge in [0, 0.05) is 37.2 Å². The maximum absolute atomic E-state index is 14.3. The zero-order valence-electron chi connectivity index (χ0n) is 24.3. The number of Topliss-reactive ketones (excluding diaryl/α,β-unsaturated/α-hetero) is 1. The van der Waals surface area contributed by atoms with Crippen LogP contribution < -0.4 is 4.90 Å². The van der Waals surface area contributed by atoms with Gasteiger partial charge in [-0.25, -0.2) is 4.79 Å². The molecule has 42 heavy (non-hydrogen) atoms. The molecule has 3 rings (SSSR count). The molecule has 1 heterocycles. The molecule has 236 valence electrons. The second-order valence-electron chi connectivity index (χ2n) is 10.6. The van der Waals surface area contributed by atoms with Crippen LogP contribution >= 0.6 is 0 Å². The van der Waals surface area contributed by atoms with E-state index in [4.69, 9.17) is 9.47 Å². The fraction of sp³-hybridized carbons (Fsp3) is 0.448. The summed E-state index contributed by atoms with van der Waals surface area (Å²) < 4.78 is 70.5. The minimum absolute atomic E-state index is 0.0686. The normalized spacial score (nSPS) is 17.0. The Labute approximate surface area is 245 Å². The van der Waals surface area contributed by atoms with Gasteiger partial charge in [0.15, 0.2) is 5.54 Å². The summed E-state index contributed by atoms with van der Waals surface area (Å²) >= 11 is -11.2. The first-order valence-corrected chi connectivity index (χ1v) is 19.2. The monoisotopic (exact) mass is 714 g/mol. The number of esters is 1. The number of hydrogen-bond donors (Lipinski definition) is 0. The third kappa shape index (κ3) is 11.3. The molecule has 6 nitrogen and oxygen atoms in total. The first-order chi connectivity index (χ1) is 19.2. The van der Waals surface area contributed by atoms with E-state index in [2.05, 4.69) is 30.5 Å². The Balaban J connectivity index is 0.000000782. The second-order valence-corrected chi connectivity index (χ2v) is 16.1. The van der Waals surface area contributed by atoms with Crippen LogP contribution in [0.2, 0.25) is 0 Å². The number of ketones is 1. The van der Waals surface area contributed by atoms with Gasteiger partial charge in [-0.1, -0.05) is 43.8 Å². The first-order valence-electron chi connectivity index (χ1n) is 13.4. The molecular formula is C29H39F6N2O4Sb. The van der Waals surface area contributed by atoms with E-state index in [9.17, 15) is 26.5 Å². The molecule has 0 radical (unpaired) electrons. The molecule has 0 bridgehead atoms. The Hall–Kier alpha value is -2.56. The van der Waals surface area contributed by atoms with Gasteiger partial charge in [0.05, 0.1) is 39.5 Å². The van der Waals surface area contributed by atoms with Gasteiger partial charge in [-0.15, -0.1) is 0 Å². The number of ether oxygens (including phenoxy) is 2. The van der Waals surface area contributed by atoms with E-state index in [0.29, 0.717) is 54.8 Å². The molecule has 1 fully saturated rings. The Morgan fingerprint density at radius 1 is 0.952 bits per heavy atom. The fourth-order valence-electron chi connectivity index (χ4n) is 5.06. The van der Waals surface area contributed by atoms with Crippen LogP contribution in [0.5, 0.6) is 0 Å². The zero-order chi connectivity index (χ0) is 31.9. The molecule has 2 aromatic carbocycles. The molecule has 1 unspecified atom stereocenters. The van der Waals surface area contributed by atoms with Gasteiger partial charge in [0.1, 0.15) is 6.54 Å². The number of anilines is 1. The molecule has 0 saturated carbocycles. The standard InChI is InChI=1S/C29H39N2O4.6FH.Sb/c1-6-29(21-24-11-9-8-10-12-24,31(4,5)22-23(3)28(33)35-7-2)27(32)25-13-15-26(16-14-25)30-17-19-34-20-18-30;;;;;;;/h8-16H,3,6-7,17-22H2,1-2,4-5H3;6*1H;/q+1;;;;;;;+5/p-6. The molecule has 1 aliphatic heterocycles. The van der Waals surface area contributed by atoms with Crippen molar-refractivity contribution < 1.29 is 40.4 Å². The number of rotatable bonds is 11. The van der Waals surface area contributed by atoms with Crippen molar-refractivity contribution in [3.63, 3.8) is 0 Å².